The smallest absolute Gasteiger partial charge is 0.478 e. The first kappa shape index (κ1) is 28.7. The van der Waals surface area contributed by atoms with Crippen molar-refractivity contribution in [3.05, 3.63) is 71.3 Å². The third-order valence-corrected chi connectivity index (χ3v) is 6.63. The highest BCUT2D eigenvalue weighted by atomic mass is 16.7. The van der Waals surface area contributed by atoms with Gasteiger partial charge in [0.15, 0.2) is 5.78 Å². The minimum atomic E-state index is -1.47. The molecule has 0 radical (unpaired) electrons. The number of carboxylic acid groups (broad SMARTS) is 2. The number of aromatic nitrogens is 1. The molecule has 0 bridgehead atoms. The number of rotatable bonds is 16. The van der Waals surface area contributed by atoms with Gasteiger partial charge in [-0.05, 0) is 29.7 Å². The summed E-state index contributed by atoms with van der Waals surface area (Å²) in [5, 5.41) is 19.0. The second kappa shape index (κ2) is 14.8. The fourth-order valence-corrected chi connectivity index (χ4v) is 4.70. The number of Topliss-reactive ketones (excluding diaryl/α,β-unsaturated/α-hetero) is 1. The topological polar surface area (TPSA) is 106 Å². The van der Waals surface area contributed by atoms with Crippen molar-refractivity contribution < 1.29 is 29.3 Å². The zero-order valence-electron chi connectivity index (χ0n) is 22.0. The Bertz CT molecular complexity index is 1260. The molecule has 0 aliphatic carbocycles. The Balaban J connectivity index is 1.77. The highest BCUT2D eigenvalue weighted by Crippen LogP contribution is 2.35. The molecule has 0 saturated heterocycles. The van der Waals surface area contributed by atoms with Gasteiger partial charge in [0.25, 0.3) is 0 Å². The van der Waals surface area contributed by atoms with E-state index >= 15 is 0 Å². The average Bonchev–Trinajstić information content (AvgIpc) is 3.19. The summed E-state index contributed by atoms with van der Waals surface area (Å²) in [5.41, 5.74) is 2.61. The van der Waals surface area contributed by atoms with E-state index in [0.717, 1.165) is 36.5 Å². The minimum Gasteiger partial charge on any atom is -0.478 e. The highest BCUT2D eigenvalue weighted by Gasteiger charge is 2.25. The Morgan fingerprint density at radius 3 is 2.11 bits per heavy atom. The molecule has 38 heavy (non-hydrogen) atoms. The zero-order chi connectivity index (χ0) is 27.3. The molecule has 0 amide bonds. The molecule has 7 heteroatoms. The maximum atomic E-state index is 13.4. The quantitative estimate of drug-likeness (QED) is 0.0861. The van der Waals surface area contributed by atoms with E-state index in [2.05, 4.69) is 6.92 Å². The fraction of sp³-hybridized carbons (Fsp3) is 0.387. The van der Waals surface area contributed by atoms with Crippen LogP contribution in [0.2, 0.25) is 0 Å². The standard InChI is InChI=1S/C31H37NO6/c1-2-3-4-5-6-7-8-9-10-15-27(33)29-25-13-11-12-14-26(25)32(30(29)38-31(36)37)22-24-18-16-23(17-19-24)20-21-28(34)35/h11-14,16-21H,2-10,15,22H2,1H3,(H,34,35)(H,36,37). The maximum Gasteiger partial charge on any atom is 0.512 e. The van der Waals surface area contributed by atoms with Crippen molar-refractivity contribution in [2.45, 2.75) is 77.7 Å². The minimum absolute atomic E-state index is 0.0365. The van der Waals surface area contributed by atoms with E-state index in [-0.39, 0.29) is 18.2 Å². The zero-order valence-corrected chi connectivity index (χ0v) is 22.0. The van der Waals surface area contributed by atoms with Gasteiger partial charge in [-0.15, -0.1) is 0 Å². The summed E-state index contributed by atoms with van der Waals surface area (Å²) in [6, 6.07) is 14.6. The van der Waals surface area contributed by atoms with Gasteiger partial charge in [0.05, 0.1) is 17.6 Å². The molecule has 2 aromatic carbocycles. The monoisotopic (exact) mass is 519 g/mol. The van der Waals surface area contributed by atoms with E-state index < -0.39 is 12.1 Å². The lowest BCUT2D eigenvalue weighted by atomic mass is 10.0. The highest BCUT2D eigenvalue weighted by molar-refractivity contribution is 6.11. The summed E-state index contributed by atoms with van der Waals surface area (Å²) in [7, 11) is 0. The van der Waals surface area contributed by atoms with Crippen LogP contribution in [0.1, 0.15) is 92.6 Å². The van der Waals surface area contributed by atoms with Gasteiger partial charge in [-0.3, -0.25) is 4.79 Å². The second-order valence-corrected chi connectivity index (χ2v) is 9.57. The van der Waals surface area contributed by atoms with Gasteiger partial charge >= 0.3 is 12.1 Å². The maximum absolute atomic E-state index is 13.4. The molecule has 3 aromatic rings. The molecule has 202 valence electrons. The van der Waals surface area contributed by atoms with Crippen LogP contribution in [0.25, 0.3) is 17.0 Å². The number of carbonyl (C=O) groups excluding carboxylic acids is 1. The van der Waals surface area contributed by atoms with Crippen LogP contribution in [-0.2, 0) is 11.3 Å². The number of para-hydroxylation sites is 1. The molecule has 1 heterocycles. The van der Waals surface area contributed by atoms with E-state index in [1.54, 1.807) is 16.7 Å². The normalized spacial score (nSPS) is 11.3. The van der Waals surface area contributed by atoms with Crippen LogP contribution < -0.4 is 4.74 Å². The lowest BCUT2D eigenvalue weighted by Crippen LogP contribution is -2.12. The number of fused-ring (bicyclic) bond motifs is 1. The lowest BCUT2D eigenvalue weighted by molar-refractivity contribution is -0.131. The molecule has 0 aliphatic rings. The number of ether oxygens (including phenoxy) is 1. The van der Waals surface area contributed by atoms with Gasteiger partial charge in [0.1, 0.15) is 0 Å². The van der Waals surface area contributed by atoms with Crippen LogP contribution >= 0.6 is 0 Å². The Hall–Kier alpha value is -3.87. The van der Waals surface area contributed by atoms with Crippen molar-refractivity contribution >= 4 is 34.9 Å². The van der Waals surface area contributed by atoms with Crippen LogP contribution in [0.15, 0.2) is 54.6 Å². The predicted octanol–water partition coefficient (Wildman–Crippen LogP) is 7.95. The fourth-order valence-electron chi connectivity index (χ4n) is 4.70. The van der Waals surface area contributed by atoms with Gasteiger partial charge in [-0.2, -0.15) is 0 Å². The number of carbonyl (C=O) groups is 3. The van der Waals surface area contributed by atoms with Crippen molar-refractivity contribution in [1.82, 2.24) is 4.57 Å². The van der Waals surface area contributed by atoms with Crippen molar-refractivity contribution in [3.63, 3.8) is 0 Å². The Morgan fingerprint density at radius 2 is 1.47 bits per heavy atom. The average molecular weight is 520 g/mol. The van der Waals surface area contributed by atoms with Crippen LogP contribution in [0, 0.1) is 0 Å². The van der Waals surface area contributed by atoms with Crippen molar-refractivity contribution in [2.24, 2.45) is 0 Å². The summed E-state index contributed by atoms with van der Waals surface area (Å²) < 4.78 is 6.93. The number of unbranched alkanes of at least 4 members (excludes halogenated alkanes) is 8. The summed E-state index contributed by atoms with van der Waals surface area (Å²) in [5.74, 6) is -1.11. The number of hydrogen-bond donors (Lipinski definition) is 2. The lowest BCUT2D eigenvalue weighted by Gasteiger charge is -2.11. The van der Waals surface area contributed by atoms with Gasteiger partial charge < -0.3 is 19.5 Å². The summed E-state index contributed by atoms with van der Waals surface area (Å²) in [6.45, 7) is 2.50. The molecular formula is C31H37NO6. The molecule has 7 nitrogen and oxygen atoms in total. The first-order valence-corrected chi connectivity index (χ1v) is 13.5. The third-order valence-electron chi connectivity index (χ3n) is 6.63. The summed E-state index contributed by atoms with van der Waals surface area (Å²) in [4.78, 5) is 35.7. The molecular weight excluding hydrogens is 482 g/mol. The van der Waals surface area contributed by atoms with Crippen LogP contribution in [0.5, 0.6) is 5.88 Å². The number of nitrogens with zero attached hydrogens (tertiary/aromatic N) is 1. The second-order valence-electron chi connectivity index (χ2n) is 9.57. The SMILES string of the molecule is CCCCCCCCCCCC(=O)c1c(OC(=O)O)n(Cc2ccc(C=CC(=O)O)cc2)c2ccccc12. The third kappa shape index (κ3) is 8.33. The van der Waals surface area contributed by atoms with E-state index in [4.69, 9.17) is 9.84 Å². The number of ketones is 1. The van der Waals surface area contributed by atoms with Crippen LogP contribution in [0.3, 0.4) is 0 Å². The van der Waals surface area contributed by atoms with Crippen molar-refractivity contribution in [2.75, 3.05) is 0 Å². The molecule has 0 atom stereocenters. The largest absolute Gasteiger partial charge is 0.512 e. The van der Waals surface area contributed by atoms with E-state index in [1.165, 1.54) is 44.6 Å². The molecule has 3 rings (SSSR count). The first-order valence-electron chi connectivity index (χ1n) is 13.5. The van der Waals surface area contributed by atoms with Gasteiger partial charge in [0, 0.05) is 17.9 Å². The number of benzene rings is 2. The molecule has 1 aromatic heterocycles. The van der Waals surface area contributed by atoms with E-state index in [0.29, 0.717) is 22.9 Å². The molecule has 2 N–H and O–H groups in total. The number of carboxylic acids is 1. The Kier molecular flexibility index (Phi) is 11.1. The van der Waals surface area contributed by atoms with Gasteiger partial charge in [-0.1, -0.05) is 101 Å². The van der Waals surface area contributed by atoms with Crippen LogP contribution in [-0.4, -0.2) is 32.7 Å². The molecule has 0 aliphatic heterocycles. The Morgan fingerprint density at radius 1 is 0.842 bits per heavy atom. The van der Waals surface area contributed by atoms with Gasteiger partial charge in [-0.25, -0.2) is 9.59 Å². The van der Waals surface area contributed by atoms with Crippen molar-refractivity contribution in [3.8, 4) is 5.88 Å². The number of hydrogen-bond acceptors (Lipinski definition) is 4. The summed E-state index contributed by atoms with van der Waals surface area (Å²) >= 11 is 0. The predicted molar refractivity (Wildman–Crippen MR) is 149 cm³/mol. The summed E-state index contributed by atoms with van der Waals surface area (Å²) in [6.07, 6.45) is 11.7. The number of aliphatic carboxylic acids is 1. The molecule has 0 unspecified atom stereocenters. The Labute approximate surface area is 223 Å². The van der Waals surface area contributed by atoms with Crippen molar-refractivity contribution in [1.29, 1.82) is 0 Å². The van der Waals surface area contributed by atoms with Gasteiger partial charge in [0.2, 0.25) is 5.88 Å². The molecule has 0 spiro atoms. The van der Waals surface area contributed by atoms with E-state index in [9.17, 15) is 19.5 Å². The molecule has 0 saturated carbocycles. The molecule has 0 fully saturated rings. The van der Waals surface area contributed by atoms with E-state index in [1.807, 2.05) is 36.4 Å². The van der Waals surface area contributed by atoms with Crippen LogP contribution in [0.4, 0.5) is 4.79 Å². The first-order chi connectivity index (χ1) is 18.4.